The number of anilines is 1. The molecular formula is C31H27F2NO4. The maximum atomic E-state index is 14.8. The van der Waals surface area contributed by atoms with Crippen molar-refractivity contribution in [1.29, 1.82) is 0 Å². The zero-order valence-electron chi connectivity index (χ0n) is 21.2. The van der Waals surface area contributed by atoms with Crippen molar-refractivity contribution >= 4 is 28.1 Å². The highest BCUT2D eigenvalue weighted by Crippen LogP contribution is 2.47. The van der Waals surface area contributed by atoms with Gasteiger partial charge in [0.25, 0.3) is 0 Å². The van der Waals surface area contributed by atoms with Gasteiger partial charge in [0, 0.05) is 46.9 Å². The van der Waals surface area contributed by atoms with E-state index in [2.05, 4.69) is 23.1 Å². The summed E-state index contributed by atoms with van der Waals surface area (Å²) in [5.74, 6) is 0.00547. The van der Waals surface area contributed by atoms with Gasteiger partial charge in [-0.05, 0) is 41.3 Å². The molecule has 4 aromatic rings. The molecule has 2 aliphatic heterocycles. The van der Waals surface area contributed by atoms with Gasteiger partial charge in [0.05, 0.1) is 27.4 Å². The average molecular weight is 516 g/mol. The molecule has 194 valence electrons. The summed E-state index contributed by atoms with van der Waals surface area (Å²) in [6.45, 7) is 2.88. The number of halogens is 2. The van der Waals surface area contributed by atoms with Crippen LogP contribution in [0.3, 0.4) is 0 Å². The van der Waals surface area contributed by atoms with Crippen LogP contribution < -0.4 is 19.1 Å². The third kappa shape index (κ3) is 4.23. The molecule has 1 unspecified atom stereocenters. The fourth-order valence-corrected chi connectivity index (χ4v) is 5.26. The second kappa shape index (κ2) is 9.99. The van der Waals surface area contributed by atoms with E-state index in [0.717, 1.165) is 35.1 Å². The first kappa shape index (κ1) is 24.2. The largest absolute Gasteiger partial charge is 0.494 e. The van der Waals surface area contributed by atoms with E-state index < -0.39 is 17.7 Å². The molecule has 38 heavy (non-hydrogen) atoms. The lowest BCUT2D eigenvalue weighted by atomic mass is 9.88. The Balaban J connectivity index is 1.56. The van der Waals surface area contributed by atoms with Crippen molar-refractivity contribution < 1.29 is 27.7 Å². The van der Waals surface area contributed by atoms with Crippen LogP contribution in [-0.2, 0) is 4.74 Å². The summed E-state index contributed by atoms with van der Waals surface area (Å²) in [4.78, 5) is 2.30. The summed E-state index contributed by atoms with van der Waals surface area (Å²) in [7, 11) is 2.85. The van der Waals surface area contributed by atoms with E-state index in [1.807, 2.05) is 18.2 Å². The Morgan fingerprint density at radius 2 is 1.50 bits per heavy atom. The minimum absolute atomic E-state index is 0.145. The third-order valence-electron chi connectivity index (χ3n) is 7.17. The van der Waals surface area contributed by atoms with Crippen LogP contribution in [0.5, 0.6) is 17.2 Å². The molecule has 5 nitrogen and oxygen atoms in total. The molecule has 0 aromatic heterocycles. The van der Waals surface area contributed by atoms with Gasteiger partial charge in [-0.15, -0.1) is 0 Å². The van der Waals surface area contributed by atoms with Crippen molar-refractivity contribution in [2.45, 2.75) is 6.10 Å². The molecule has 0 N–H and O–H groups in total. The molecule has 6 rings (SSSR count). The van der Waals surface area contributed by atoms with Crippen LogP contribution in [0.1, 0.15) is 22.8 Å². The first-order chi connectivity index (χ1) is 18.6. The Bertz CT molecular complexity index is 1540. The van der Waals surface area contributed by atoms with Crippen molar-refractivity contribution in [2.75, 3.05) is 45.4 Å². The Kier molecular flexibility index (Phi) is 6.37. The maximum absolute atomic E-state index is 14.8. The molecule has 1 saturated heterocycles. The fourth-order valence-electron chi connectivity index (χ4n) is 5.26. The van der Waals surface area contributed by atoms with Gasteiger partial charge in [-0.2, -0.15) is 0 Å². The summed E-state index contributed by atoms with van der Waals surface area (Å²) in [5, 5.41) is 2.12. The van der Waals surface area contributed by atoms with Crippen molar-refractivity contribution in [3.8, 4) is 17.2 Å². The van der Waals surface area contributed by atoms with E-state index in [1.54, 1.807) is 24.3 Å². The standard InChI is InChI=1S/C31H27F2NO4/c1-35-28-9-7-19(15-25(28)32)23-17-24-21-5-3-4-6-22(21)27(34-11-13-37-14-12-34)18-30(24)38-31(23)20-8-10-29(36-2)26(33)16-20/h3-10,15-18,31H,11-14H2,1-2H3. The molecule has 2 heterocycles. The van der Waals surface area contributed by atoms with Crippen LogP contribution in [0.15, 0.2) is 66.7 Å². The van der Waals surface area contributed by atoms with Crippen molar-refractivity contribution in [1.82, 2.24) is 0 Å². The molecular weight excluding hydrogens is 488 g/mol. The second-order valence-electron chi connectivity index (χ2n) is 9.29. The van der Waals surface area contributed by atoms with Crippen LogP contribution >= 0.6 is 0 Å². The minimum Gasteiger partial charge on any atom is -0.494 e. The van der Waals surface area contributed by atoms with Crippen LogP contribution in [0.4, 0.5) is 14.5 Å². The van der Waals surface area contributed by atoms with E-state index >= 15 is 0 Å². The number of methoxy groups -OCH3 is 2. The topological polar surface area (TPSA) is 40.2 Å². The first-order valence-electron chi connectivity index (χ1n) is 12.5. The zero-order valence-corrected chi connectivity index (χ0v) is 21.2. The Hall–Kier alpha value is -4.10. The van der Waals surface area contributed by atoms with Gasteiger partial charge in [0.1, 0.15) is 11.9 Å². The Morgan fingerprint density at radius 1 is 0.816 bits per heavy atom. The maximum Gasteiger partial charge on any atom is 0.165 e. The third-order valence-corrected chi connectivity index (χ3v) is 7.17. The zero-order chi connectivity index (χ0) is 26.2. The monoisotopic (exact) mass is 515 g/mol. The highest BCUT2D eigenvalue weighted by Gasteiger charge is 2.30. The molecule has 0 saturated carbocycles. The normalized spacial score (nSPS) is 17.0. The predicted octanol–water partition coefficient (Wildman–Crippen LogP) is 6.65. The number of benzene rings is 4. The van der Waals surface area contributed by atoms with Gasteiger partial charge < -0.3 is 23.8 Å². The number of ether oxygens (including phenoxy) is 4. The van der Waals surface area contributed by atoms with Gasteiger partial charge in [-0.25, -0.2) is 8.78 Å². The van der Waals surface area contributed by atoms with E-state index in [0.29, 0.717) is 35.7 Å². The smallest absolute Gasteiger partial charge is 0.165 e. The number of rotatable bonds is 5. The number of hydrogen-bond acceptors (Lipinski definition) is 5. The van der Waals surface area contributed by atoms with Crippen molar-refractivity contribution in [3.05, 3.63) is 95.1 Å². The predicted molar refractivity (Wildman–Crippen MR) is 144 cm³/mol. The summed E-state index contributed by atoms with van der Waals surface area (Å²) < 4.78 is 52.1. The van der Waals surface area contributed by atoms with Gasteiger partial charge >= 0.3 is 0 Å². The van der Waals surface area contributed by atoms with E-state index in [-0.39, 0.29) is 11.5 Å². The lowest BCUT2D eigenvalue weighted by Gasteiger charge is -2.33. The SMILES string of the molecule is COc1ccc(C2=Cc3c(cc(N4CCOCC4)c4ccccc34)OC2c2ccc(OC)c(F)c2)cc1F. The fraction of sp³-hybridized carbons (Fsp3) is 0.226. The quantitative estimate of drug-likeness (QED) is 0.298. The van der Waals surface area contributed by atoms with Crippen LogP contribution in [0.25, 0.3) is 22.4 Å². The highest BCUT2D eigenvalue weighted by atomic mass is 19.1. The molecule has 1 atom stereocenters. The van der Waals surface area contributed by atoms with Gasteiger partial charge in [-0.1, -0.05) is 36.4 Å². The first-order valence-corrected chi connectivity index (χ1v) is 12.5. The molecule has 0 amide bonds. The molecule has 7 heteroatoms. The number of morpholine rings is 1. The van der Waals surface area contributed by atoms with Crippen LogP contribution in [-0.4, -0.2) is 40.5 Å². The molecule has 0 bridgehead atoms. The second-order valence-corrected chi connectivity index (χ2v) is 9.29. The molecule has 0 spiro atoms. The summed E-state index contributed by atoms with van der Waals surface area (Å²) in [6, 6.07) is 19.8. The summed E-state index contributed by atoms with van der Waals surface area (Å²) >= 11 is 0. The number of hydrogen-bond donors (Lipinski definition) is 0. The van der Waals surface area contributed by atoms with E-state index in [9.17, 15) is 8.78 Å². The Labute approximate surface area is 219 Å². The average Bonchev–Trinajstić information content (AvgIpc) is 2.96. The summed E-state index contributed by atoms with van der Waals surface area (Å²) in [6.07, 6.45) is 1.35. The van der Waals surface area contributed by atoms with Gasteiger partial charge in [0.15, 0.2) is 23.1 Å². The molecule has 2 aliphatic rings. The van der Waals surface area contributed by atoms with E-state index in [4.69, 9.17) is 18.9 Å². The summed E-state index contributed by atoms with van der Waals surface area (Å²) in [5.41, 5.74) is 3.89. The van der Waals surface area contributed by atoms with Gasteiger partial charge in [-0.3, -0.25) is 0 Å². The van der Waals surface area contributed by atoms with Gasteiger partial charge in [0.2, 0.25) is 0 Å². The lowest BCUT2D eigenvalue weighted by Crippen LogP contribution is -2.36. The highest BCUT2D eigenvalue weighted by molar-refractivity contribution is 6.05. The number of nitrogens with zero attached hydrogens (tertiary/aromatic N) is 1. The van der Waals surface area contributed by atoms with Crippen LogP contribution in [0.2, 0.25) is 0 Å². The number of fused-ring (bicyclic) bond motifs is 3. The molecule has 4 aromatic carbocycles. The molecule has 1 fully saturated rings. The van der Waals surface area contributed by atoms with Crippen molar-refractivity contribution in [3.63, 3.8) is 0 Å². The molecule has 0 radical (unpaired) electrons. The molecule has 0 aliphatic carbocycles. The van der Waals surface area contributed by atoms with Crippen molar-refractivity contribution in [2.24, 2.45) is 0 Å². The minimum atomic E-state index is -0.672. The van der Waals surface area contributed by atoms with Crippen LogP contribution in [0, 0.1) is 11.6 Å². The lowest BCUT2D eigenvalue weighted by molar-refractivity contribution is 0.123. The van der Waals surface area contributed by atoms with E-state index in [1.165, 1.54) is 26.4 Å². The Morgan fingerprint density at radius 3 is 2.18 bits per heavy atom.